The zero-order valence-electron chi connectivity index (χ0n) is 18.1. The number of nitrogens with one attached hydrogen (secondary N) is 1. The molecule has 3 heterocycles. The highest BCUT2D eigenvalue weighted by Gasteiger charge is 2.32. The van der Waals surface area contributed by atoms with Crippen molar-refractivity contribution in [3.8, 4) is 0 Å². The molecule has 0 saturated heterocycles. The number of anilines is 1. The van der Waals surface area contributed by atoms with Crippen LogP contribution in [0.2, 0.25) is 0 Å². The number of aromatic nitrogens is 1. The van der Waals surface area contributed by atoms with Crippen LogP contribution < -0.4 is 20.2 Å². The molecule has 0 unspecified atom stereocenters. The van der Waals surface area contributed by atoms with Gasteiger partial charge in [0.25, 0.3) is 11.5 Å². The third-order valence-electron chi connectivity index (χ3n) is 5.45. The maximum absolute atomic E-state index is 13.5. The Balaban J connectivity index is 1.67. The number of thiazole rings is 1. The lowest BCUT2D eigenvalue weighted by Crippen LogP contribution is -2.40. The van der Waals surface area contributed by atoms with E-state index >= 15 is 0 Å². The van der Waals surface area contributed by atoms with E-state index in [0.29, 0.717) is 32.1 Å². The van der Waals surface area contributed by atoms with Crippen molar-refractivity contribution in [1.82, 2.24) is 4.57 Å². The van der Waals surface area contributed by atoms with Gasteiger partial charge in [-0.05, 0) is 43.7 Å². The van der Waals surface area contributed by atoms with Crippen LogP contribution in [0.4, 0.5) is 5.69 Å². The zero-order chi connectivity index (χ0) is 22.9. The van der Waals surface area contributed by atoms with Gasteiger partial charge in [0.15, 0.2) is 4.80 Å². The standard InChI is InChI=1S/C26H21N3O3S/c1-16-13-14-20(32-16)15-21-25(31)29-23(18-9-5-3-6-10-18)22(17(2)27-26(29)33-21)24(30)28-19-11-7-4-8-12-19/h3-15,23H,1-2H3,(H,28,30)/b21-15+/t23-/m1/s1. The Bertz CT molecular complexity index is 1540. The topological polar surface area (TPSA) is 76.6 Å². The minimum Gasteiger partial charge on any atom is -0.462 e. The Morgan fingerprint density at radius 2 is 1.73 bits per heavy atom. The lowest BCUT2D eigenvalue weighted by atomic mass is 9.95. The van der Waals surface area contributed by atoms with Crippen LogP contribution in [0.3, 0.4) is 0 Å². The molecule has 1 aliphatic rings. The molecule has 5 rings (SSSR count). The van der Waals surface area contributed by atoms with Gasteiger partial charge in [-0.2, -0.15) is 0 Å². The molecular formula is C26H21N3O3S. The summed E-state index contributed by atoms with van der Waals surface area (Å²) in [5.74, 6) is 1.09. The molecule has 6 nitrogen and oxygen atoms in total. The Labute approximate surface area is 193 Å². The van der Waals surface area contributed by atoms with E-state index in [2.05, 4.69) is 10.3 Å². The summed E-state index contributed by atoms with van der Waals surface area (Å²) in [6.07, 6.45) is 1.72. The van der Waals surface area contributed by atoms with Gasteiger partial charge in [0, 0.05) is 11.8 Å². The first-order valence-electron chi connectivity index (χ1n) is 10.5. The molecule has 1 atom stereocenters. The van der Waals surface area contributed by atoms with Crippen LogP contribution in [0.25, 0.3) is 6.08 Å². The van der Waals surface area contributed by atoms with Crippen molar-refractivity contribution < 1.29 is 9.21 Å². The number of fused-ring (bicyclic) bond motifs is 1. The summed E-state index contributed by atoms with van der Waals surface area (Å²) in [5, 5.41) is 2.95. The number of hydrogen-bond acceptors (Lipinski definition) is 5. The molecule has 0 spiro atoms. The van der Waals surface area contributed by atoms with E-state index in [1.165, 1.54) is 11.3 Å². The number of rotatable bonds is 4. The maximum Gasteiger partial charge on any atom is 0.271 e. The van der Waals surface area contributed by atoms with Gasteiger partial charge in [0.05, 0.1) is 21.8 Å². The van der Waals surface area contributed by atoms with Gasteiger partial charge in [-0.15, -0.1) is 0 Å². The summed E-state index contributed by atoms with van der Waals surface area (Å²) in [7, 11) is 0. The van der Waals surface area contributed by atoms with Crippen molar-refractivity contribution in [2.45, 2.75) is 19.9 Å². The number of furan rings is 1. The minimum absolute atomic E-state index is 0.209. The van der Waals surface area contributed by atoms with Crippen molar-refractivity contribution in [3.63, 3.8) is 0 Å². The predicted octanol–water partition coefficient (Wildman–Crippen LogP) is 3.78. The van der Waals surface area contributed by atoms with Gasteiger partial charge in [-0.25, -0.2) is 4.99 Å². The Hall–Kier alpha value is -3.97. The van der Waals surface area contributed by atoms with Gasteiger partial charge in [0.2, 0.25) is 0 Å². The van der Waals surface area contributed by atoms with Crippen LogP contribution in [0.15, 0.2) is 98.3 Å². The molecule has 1 amide bonds. The lowest BCUT2D eigenvalue weighted by molar-refractivity contribution is -0.113. The molecule has 0 fully saturated rings. The van der Waals surface area contributed by atoms with Crippen LogP contribution in [0.5, 0.6) is 0 Å². The van der Waals surface area contributed by atoms with Crippen LogP contribution in [-0.4, -0.2) is 10.5 Å². The highest BCUT2D eigenvalue weighted by Crippen LogP contribution is 2.30. The van der Waals surface area contributed by atoms with Gasteiger partial charge in [-0.1, -0.05) is 59.9 Å². The molecule has 33 heavy (non-hydrogen) atoms. The molecule has 0 bridgehead atoms. The first kappa shape index (κ1) is 20.9. The molecule has 164 valence electrons. The smallest absolute Gasteiger partial charge is 0.271 e. The molecule has 1 aliphatic heterocycles. The molecule has 0 saturated carbocycles. The van der Waals surface area contributed by atoms with Crippen LogP contribution in [0, 0.1) is 6.92 Å². The normalized spacial score (nSPS) is 15.8. The van der Waals surface area contributed by atoms with Crippen molar-refractivity contribution in [2.24, 2.45) is 4.99 Å². The second-order valence-electron chi connectivity index (χ2n) is 7.76. The van der Waals surface area contributed by atoms with Crippen molar-refractivity contribution in [2.75, 3.05) is 5.32 Å². The molecule has 0 radical (unpaired) electrons. The number of carbonyl (C=O) groups excluding carboxylic acids is 1. The number of para-hydroxylation sites is 1. The third-order valence-corrected chi connectivity index (χ3v) is 6.43. The summed E-state index contributed by atoms with van der Waals surface area (Å²) in [5.41, 5.74) is 2.34. The molecule has 2 aromatic carbocycles. The first-order chi connectivity index (χ1) is 16.0. The number of nitrogens with zero attached hydrogens (tertiary/aromatic N) is 2. The average molecular weight is 456 g/mol. The largest absolute Gasteiger partial charge is 0.462 e. The number of benzene rings is 2. The number of allylic oxidation sites excluding steroid dienone is 1. The van der Waals surface area contributed by atoms with Gasteiger partial charge >= 0.3 is 0 Å². The summed E-state index contributed by atoms with van der Waals surface area (Å²) < 4.78 is 7.74. The van der Waals surface area contributed by atoms with E-state index < -0.39 is 6.04 Å². The second-order valence-corrected chi connectivity index (χ2v) is 8.77. The molecule has 7 heteroatoms. The van der Waals surface area contributed by atoms with E-state index in [0.717, 1.165) is 11.3 Å². The summed E-state index contributed by atoms with van der Waals surface area (Å²) in [4.78, 5) is 32.1. The summed E-state index contributed by atoms with van der Waals surface area (Å²) >= 11 is 1.29. The molecule has 0 aliphatic carbocycles. The summed E-state index contributed by atoms with van der Waals surface area (Å²) in [6.45, 7) is 3.66. The molecule has 4 aromatic rings. The fraction of sp³-hybridized carbons (Fsp3) is 0.115. The van der Waals surface area contributed by atoms with E-state index in [9.17, 15) is 9.59 Å². The van der Waals surface area contributed by atoms with Crippen molar-refractivity contribution >= 4 is 29.0 Å². The quantitative estimate of drug-likeness (QED) is 0.509. The fourth-order valence-corrected chi connectivity index (χ4v) is 4.97. The average Bonchev–Trinajstić information content (AvgIpc) is 3.36. The SMILES string of the molecule is CC1=C(C(=O)Nc2ccccc2)[C@@H](c2ccccc2)n2c(s/c(=C/c3ccc(C)o3)c2=O)=N1. The second kappa shape index (κ2) is 8.52. The highest BCUT2D eigenvalue weighted by atomic mass is 32.1. The maximum atomic E-state index is 13.5. The number of hydrogen-bond donors (Lipinski definition) is 1. The van der Waals surface area contributed by atoms with Crippen LogP contribution >= 0.6 is 11.3 Å². The van der Waals surface area contributed by atoms with Crippen molar-refractivity contribution in [3.05, 3.63) is 121 Å². The van der Waals surface area contributed by atoms with Crippen LogP contribution in [-0.2, 0) is 4.79 Å². The zero-order valence-corrected chi connectivity index (χ0v) is 18.9. The Morgan fingerprint density at radius 3 is 2.39 bits per heavy atom. The monoisotopic (exact) mass is 455 g/mol. The molecule has 1 N–H and O–H groups in total. The van der Waals surface area contributed by atoms with Crippen LogP contribution in [0.1, 0.15) is 30.0 Å². The van der Waals surface area contributed by atoms with E-state index in [1.54, 1.807) is 10.6 Å². The fourth-order valence-electron chi connectivity index (χ4n) is 3.94. The first-order valence-corrected chi connectivity index (χ1v) is 11.3. The van der Waals surface area contributed by atoms with Gasteiger partial charge in [0.1, 0.15) is 11.5 Å². The number of amides is 1. The summed E-state index contributed by atoms with van der Waals surface area (Å²) in [6, 6.07) is 21.9. The van der Waals surface area contributed by atoms with E-state index in [4.69, 9.17) is 4.42 Å². The third kappa shape index (κ3) is 3.99. The number of aryl methyl sites for hydroxylation is 1. The Morgan fingerprint density at radius 1 is 1.03 bits per heavy atom. The lowest BCUT2D eigenvalue weighted by Gasteiger charge is -2.25. The Kier molecular flexibility index (Phi) is 5.40. The van der Waals surface area contributed by atoms with E-state index in [1.807, 2.05) is 86.6 Å². The van der Waals surface area contributed by atoms with Gasteiger partial charge < -0.3 is 9.73 Å². The van der Waals surface area contributed by atoms with E-state index in [-0.39, 0.29) is 11.5 Å². The van der Waals surface area contributed by atoms with Gasteiger partial charge in [-0.3, -0.25) is 14.2 Å². The molecular weight excluding hydrogens is 434 g/mol. The number of carbonyl (C=O) groups is 1. The highest BCUT2D eigenvalue weighted by molar-refractivity contribution is 7.07. The molecule has 2 aromatic heterocycles. The van der Waals surface area contributed by atoms with Crippen molar-refractivity contribution in [1.29, 1.82) is 0 Å². The minimum atomic E-state index is -0.591. The predicted molar refractivity (Wildman–Crippen MR) is 129 cm³/mol.